The number of fused-ring (bicyclic) bond motifs is 1. The molecule has 0 radical (unpaired) electrons. The summed E-state index contributed by atoms with van der Waals surface area (Å²) < 4.78 is 8.50. The smallest absolute Gasteiger partial charge is 0.123 e. The van der Waals surface area contributed by atoms with Crippen molar-refractivity contribution < 1.29 is 4.74 Å². The van der Waals surface area contributed by atoms with Crippen molar-refractivity contribution in [2.75, 3.05) is 13.1 Å². The zero-order chi connectivity index (χ0) is 15.3. The Bertz CT molecular complexity index is 697. The highest BCUT2D eigenvalue weighted by molar-refractivity contribution is 5.47. The molecule has 0 N–H and O–H groups in total. The van der Waals surface area contributed by atoms with E-state index < -0.39 is 0 Å². The van der Waals surface area contributed by atoms with E-state index in [1.165, 1.54) is 56.4 Å². The lowest BCUT2D eigenvalue weighted by atomic mass is 9.84. The molecule has 4 heteroatoms. The molecule has 2 fully saturated rings. The minimum absolute atomic E-state index is 0.0517. The van der Waals surface area contributed by atoms with Crippen LogP contribution < -0.4 is 4.74 Å². The van der Waals surface area contributed by atoms with Crippen molar-refractivity contribution in [1.82, 2.24) is 14.5 Å². The third-order valence-electron chi connectivity index (χ3n) is 5.99. The lowest BCUT2D eigenvalue weighted by molar-refractivity contribution is -0.00746. The summed E-state index contributed by atoms with van der Waals surface area (Å²) in [5, 5.41) is 0. The molecule has 0 atom stereocenters. The van der Waals surface area contributed by atoms with Crippen LogP contribution in [0.3, 0.4) is 0 Å². The molecule has 5 rings (SSSR count). The van der Waals surface area contributed by atoms with E-state index in [1.54, 1.807) is 0 Å². The number of nitrogens with zero attached hydrogens (tertiary/aromatic N) is 3. The Hall–Kier alpha value is -1.81. The number of rotatable bonds is 2. The Labute approximate surface area is 137 Å². The molecule has 1 saturated carbocycles. The Balaban J connectivity index is 1.33. The maximum Gasteiger partial charge on any atom is 0.123 e. The predicted molar refractivity (Wildman–Crippen MR) is 89.1 cm³/mol. The summed E-state index contributed by atoms with van der Waals surface area (Å²) in [5.74, 6) is 1.09. The van der Waals surface area contributed by atoms with E-state index in [1.807, 2.05) is 18.7 Å². The van der Waals surface area contributed by atoms with E-state index >= 15 is 0 Å². The number of ether oxygens (including phenoxy) is 1. The molecule has 0 bridgehead atoms. The molecule has 1 aromatic carbocycles. The molecule has 1 spiro atoms. The molecule has 4 nitrogen and oxygen atoms in total. The zero-order valence-electron chi connectivity index (χ0n) is 13.4. The second-order valence-corrected chi connectivity index (χ2v) is 7.34. The minimum Gasteiger partial charge on any atom is -0.487 e. The number of piperidine rings is 1. The Kier molecular flexibility index (Phi) is 3.02. The lowest BCUT2D eigenvalue weighted by Gasteiger charge is -2.45. The summed E-state index contributed by atoms with van der Waals surface area (Å²) in [6, 6.07) is 7.40. The molecule has 2 aromatic rings. The summed E-state index contributed by atoms with van der Waals surface area (Å²) >= 11 is 0. The Morgan fingerprint density at radius 2 is 2.04 bits per heavy atom. The molecule has 3 aliphatic rings. The highest BCUT2D eigenvalue weighted by Crippen LogP contribution is 2.42. The largest absolute Gasteiger partial charge is 0.487 e. The van der Waals surface area contributed by atoms with Crippen LogP contribution in [0.25, 0.3) is 5.69 Å². The second-order valence-electron chi connectivity index (χ2n) is 7.34. The van der Waals surface area contributed by atoms with Gasteiger partial charge < -0.3 is 14.2 Å². The van der Waals surface area contributed by atoms with Crippen LogP contribution in [0.2, 0.25) is 0 Å². The van der Waals surface area contributed by atoms with Gasteiger partial charge in [0, 0.05) is 62.0 Å². The molecule has 0 amide bonds. The first-order chi connectivity index (χ1) is 11.3. The molecule has 2 aliphatic heterocycles. The summed E-state index contributed by atoms with van der Waals surface area (Å²) in [6.45, 7) is 2.40. The first-order valence-electron chi connectivity index (χ1n) is 8.86. The van der Waals surface area contributed by atoms with Crippen molar-refractivity contribution in [1.29, 1.82) is 0 Å². The fourth-order valence-electron chi connectivity index (χ4n) is 4.32. The molecule has 1 aliphatic carbocycles. The van der Waals surface area contributed by atoms with Crippen molar-refractivity contribution in [2.24, 2.45) is 0 Å². The third-order valence-corrected chi connectivity index (χ3v) is 5.99. The first kappa shape index (κ1) is 13.6. The highest BCUT2D eigenvalue weighted by Gasteiger charge is 2.43. The first-order valence-corrected chi connectivity index (χ1v) is 8.86. The Morgan fingerprint density at radius 3 is 2.74 bits per heavy atom. The SMILES string of the molecule is c1cn(-c2ccc3c(c2)CC2(CCN(C4CCC4)CC2)O3)cn1. The maximum atomic E-state index is 6.44. The van der Waals surface area contributed by atoms with Crippen molar-refractivity contribution in [3.8, 4) is 11.4 Å². The summed E-state index contributed by atoms with van der Waals surface area (Å²) in [7, 11) is 0. The fraction of sp³-hybridized carbons (Fsp3) is 0.526. The highest BCUT2D eigenvalue weighted by atomic mass is 16.5. The van der Waals surface area contributed by atoms with Gasteiger partial charge >= 0.3 is 0 Å². The normalized spacial score (nSPS) is 23.5. The van der Waals surface area contributed by atoms with Gasteiger partial charge in [0.1, 0.15) is 11.4 Å². The molecular formula is C19H23N3O. The molecule has 3 heterocycles. The average Bonchev–Trinajstić information content (AvgIpc) is 3.14. The number of likely N-dealkylation sites (tertiary alicyclic amines) is 1. The molecular weight excluding hydrogens is 286 g/mol. The van der Waals surface area contributed by atoms with Crippen molar-refractivity contribution >= 4 is 0 Å². The number of aromatic nitrogens is 2. The van der Waals surface area contributed by atoms with Gasteiger partial charge in [0.2, 0.25) is 0 Å². The summed E-state index contributed by atoms with van der Waals surface area (Å²) in [5.41, 5.74) is 2.58. The molecule has 0 unspecified atom stereocenters. The van der Waals surface area contributed by atoms with Crippen LogP contribution in [0, 0.1) is 0 Å². The van der Waals surface area contributed by atoms with E-state index in [9.17, 15) is 0 Å². The number of imidazole rings is 1. The van der Waals surface area contributed by atoms with Gasteiger partial charge in [0.25, 0.3) is 0 Å². The second kappa shape index (κ2) is 5.10. The number of hydrogen-bond acceptors (Lipinski definition) is 3. The topological polar surface area (TPSA) is 30.3 Å². The van der Waals surface area contributed by atoms with Gasteiger partial charge in [-0.25, -0.2) is 4.98 Å². The minimum atomic E-state index is 0.0517. The third kappa shape index (κ3) is 2.27. The van der Waals surface area contributed by atoms with E-state index in [2.05, 4.69) is 32.7 Å². The summed E-state index contributed by atoms with van der Waals surface area (Å²) in [6.07, 6.45) is 13.3. The van der Waals surface area contributed by atoms with Crippen molar-refractivity contribution in [3.05, 3.63) is 42.5 Å². The van der Waals surface area contributed by atoms with E-state index in [4.69, 9.17) is 4.74 Å². The van der Waals surface area contributed by atoms with Gasteiger partial charge in [-0.2, -0.15) is 0 Å². The van der Waals surface area contributed by atoms with Crippen LogP contribution in [-0.2, 0) is 6.42 Å². The van der Waals surface area contributed by atoms with Gasteiger partial charge in [-0.15, -0.1) is 0 Å². The van der Waals surface area contributed by atoms with Gasteiger partial charge in [-0.05, 0) is 31.0 Å². The lowest BCUT2D eigenvalue weighted by Crippen LogP contribution is -2.52. The molecule has 1 aromatic heterocycles. The molecule has 23 heavy (non-hydrogen) atoms. The van der Waals surface area contributed by atoms with Crippen LogP contribution in [0.4, 0.5) is 0 Å². The Morgan fingerprint density at radius 1 is 1.17 bits per heavy atom. The van der Waals surface area contributed by atoms with Gasteiger partial charge in [0.05, 0.1) is 6.33 Å². The predicted octanol–water partition coefficient (Wildman–Crippen LogP) is 3.19. The van der Waals surface area contributed by atoms with Crippen LogP contribution in [0.5, 0.6) is 5.75 Å². The van der Waals surface area contributed by atoms with Crippen LogP contribution in [0.1, 0.15) is 37.7 Å². The van der Waals surface area contributed by atoms with Gasteiger partial charge in [-0.1, -0.05) is 6.42 Å². The average molecular weight is 309 g/mol. The number of benzene rings is 1. The van der Waals surface area contributed by atoms with Crippen LogP contribution in [-0.4, -0.2) is 39.2 Å². The van der Waals surface area contributed by atoms with Crippen LogP contribution >= 0.6 is 0 Å². The summed E-state index contributed by atoms with van der Waals surface area (Å²) in [4.78, 5) is 6.83. The monoisotopic (exact) mass is 309 g/mol. The van der Waals surface area contributed by atoms with Gasteiger partial charge in [-0.3, -0.25) is 0 Å². The quantitative estimate of drug-likeness (QED) is 0.853. The van der Waals surface area contributed by atoms with E-state index in [0.717, 1.165) is 18.2 Å². The van der Waals surface area contributed by atoms with Gasteiger partial charge in [0.15, 0.2) is 0 Å². The van der Waals surface area contributed by atoms with E-state index in [-0.39, 0.29) is 5.60 Å². The molecule has 1 saturated heterocycles. The van der Waals surface area contributed by atoms with Crippen LogP contribution in [0.15, 0.2) is 36.9 Å². The fourth-order valence-corrected chi connectivity index (χ4v) is 4.32. The standard InChI is InChI=1S/C19H23N3O/c1-2-16(3-1)21-9-6-19(7-10-21)13-15-12-17(4-5-18(15)23-19)22-11-8-20-14-22/h4-5,8,11-12,14,16H,1-3,6-7,9-10,13H2. The van der Waals surface area contributed by atoms with Crippen molar-refractivity contribution in [2.45, 2.75) is 50.2 Å². The van der Waals surface area contributed by atoms with Crippen molar-refractivity contribution in [3.63, 3.8) is 0 Å². The van der Waals surface area contributed by atoms with E-state index in [0.29, 0.717) is 0 Å². The zero-order valence-corrected chi connectivity index (χ0v) is 13.4. The maximum absolute atomic E-state index is 6.44. The molecule has 120 valence electrons. The number of hydrogen-bond donors (Lipinski definition) is 0.